The summed E-state index contributed by atoms with van der Waals surface area (Å²) in [6.45, 7) is 6.36. The van der Waals surface area contributed by atoms with Crippen molar-refractivity contribution in [3.05, 3.63) is 76.3 Å². The predicted molar refractivity (Wildman–Crippen MR) is 137 cm³/mol. The molecule has 2 aromatic carbocycles. The van der Waals surface area contributed by atoms with Gasteiger partial charge >= 0.3 is 5.69 Å². The fourth-order valence-electron chi connectivity index (χ4n) is 4.14. The van der Waals surface area contributed by atoms with Crippen LogP contribution in [0.4, 0.5) is 0 Å². The van der Waals surface area contributed by atoms with Crippen LogP contribution in [0.1, 0.15) is 37.3 Å². The molecule has 2 heterocycles. The smallest absolute Gasteiger partial charge is 0.330 e. The van der Waals surface area contributed by atoms with Gasteiger partial charge in [-0.2, -0.15) is 0 Å². The van der Waals surface area contributed by atoms with Gasteiger partial charge in [-0.25, -0.2) is 14.8 Å². The van der Waals surface area contributed by atoms with E-state index >= 15 is 0 Å². The molecule has 7 nitrogen and oxygen atoms in total. The van der Waals surface area contributed by atoms with E-state index in [0.717, 1.165) is 29.8 Å². The minimum absolute atomic E-state index is 0.115. The van der Waals surface area contributed by atoms with E-state index in [2.05, 4.69) is 43.9 Å². The third kappa shape index (κ3) is 5.04. The normalized spacial score (nSPS) is 11.6. The third-order valence-corrected chi connectivity index (χ3v) is 5.97. The zero-order chi connectivity index (χ0) is 24.2. The van der Waals surface area contributed by atoms with Crippen LogP contribution >= 0.6 is 0 Å². The number of fused-ring (bicyclic) bond motifs is 1. The van der Waals surface area contributed by atoms with Gasteiger partial charge in [-0.1, -0.05) is 50.2 Å². The molecule has 0 N–H and O–H groups in total. The zero-order valence-corrected chi connectivity index (χ0v) is 20.7. The lowest BCUT2D eigenvalue weighted by Crippen LogP contribution is -2.22. The van der Waals surface area contributed by atoms with Gasteiger partial charge in [0.2, 0.25) is 0 Å². The van der Waals surface area contributed by atoms with Crippen LogP contribution in [-0.2, 0) is 13.6 Å². The van der Waals surface area contributed by atoms with Crippen LogP contribution in [0.5, 0.6) is 5.75 Å². The van der Waals surface area contributed by atoms with E-state index < -0.39 is 0 Å². The van der Waals surface area contributed by atoms with Crippen molar-refractivity contribution in [3.8, 4) is 17.1 Å². The summed E-state index contributed by atoms with van der Waals surface area (Å²) >= 11 is 0. The number of aryl methyl sites for hydroxylation is 1. The summed E-state index contributed by atoms with van der Waals surface area (Å²) in [4.78, 5) is 24.7. The van der Waals surface area contributed by atoms with Gasteiger partial charge in [0.15, 0.2) is 11.5 Å². The number of hydrogen-bond donors (Lipinski definition) is 0. The second-order valence-electron chi connectivity index (χ2n) is 9.22. The Morgan fingerprint density at radius 1 is 1.09 bits per heavy atom. The van der Waals surface area contributed by atoms with E-state index in [1.807, 2.05) is 42.5 Å². The van der Waals surface area contributed by atoms with E-state index in [1.54, 1.807) is 22.4 Å². The summed E-state index contributed by atoms with van der Waals surface area (Å²) in [6.07, 6.45) is 2.70. The second kappa shape index (κ2) is 10.2. The standard InChI is InChI=1S/C27H33N5O2/c1-19(2)22-12-6-7-13-23(22)25-28-17-24-26(29-25)32(27(33)31(24)5)18-20-10-8-11-21(16-20)34-15-9-14-30(3)4/h6-8,10-13,16-17,19H,9,14-15,18H2,1-5H3. The van der Waals surface area contributed by atoms with E-state index in [-0.39, 0.29) is 5.69 Å². The first-order chi connectivity index (χ1) is 16.3. The quantitative estimate of drug-likeness (QED) is 0.349. The van der Waals surface area contributed by atoms with E-state index in [1.165, 1.54) is 5.56 Å². The number of aromatic nitrogens is 4. The Balaban J connectivity index is 1.66. The molecule has 178 valence electrons. The first kappa shape index (κ1) is 23.7. The lowest BCUT2D eigenvalue weighted by molar-refractivity contribution is 0.281. The van der Waals surface area contributed by atoms with Crippen molar-refractivity contribution < 1.29 is 4.74 Å². The van der Waals surface area contributed by atoms with Gasteiger partial charge in [-0.3, -0.25) is 9.13 Å². The Morgan fingerprint density at radius 2 is 1.88 bits per heavy atom. The zero-order valence-electron chi connectivity index (χ0n) is 20.7. The van der Waals surface area contributed by atoms with Crippen LogP contribution in [0.25, 0.3) is 22.6 Å². The number of rotatable bonds is 9. The molecule has 0 aliphatic heterocycles. The topological polar surface area (TPSA) is 65.2 Å². The lowest BCUT2D eigenvalue weighted by Gasteiger charge is -2.12. The van der Waals surface area contributed by atoms with Crippen molar-refractivity contribution in [2.75, 3.05) is 27.2 Å². The van der Waals surface area contributed by atoms with E-state index in [0.29, 0.717) is 36.1 Å². The molecule has 0 fully saturated rings. The number of imidazole rings is 1. The number of benzene rings is 2. The average Bonchev–Trinajstić information content (AvgIpc) is 3.06. The highest BCUT2D eigenvalue weighted by atomic mass is 16.5. The molecule has 0 atom stereocenters. The van der Waals surface area contributed by atoms with Gasteiger partial charge in [0.05, 0.1) is 19.3 Å². The van der Waals surface area contributed by atoms with Crippen molar-refractivity contribution in [3.63, 3.8) is 0 Å². The van der Waals surface area contributed by atoms with E-state index in [9.17, 15) is 4.79 Å². The average molecular weight is 460 g/mol. The Kier molecular flexibility index (Phi) is 7.12. The van der Waals surface area contributed by atoms with Crippen molar-refractivity contribution in [1.29, 1.82) is 0 Å². The molecule has 4 rings (SSSR count). The molecule has 2 aromatic heterocycles. The van der Waals surface area contributed by atoms with Crippen LogP contribution < -0.4 is 10.4 Å². The molecule has 0 aliphatic rings. The molecule has 0 saturated carbocycles. The first-order valence-electron chi connectivity index (χ1n) is 11.7. The Morgan fingerprint density at radius 3 is 2.65 bits per heavy atom. The van der Waals surface area contributed by atoms with Gasteiger partial charge in [0.1, 0.15) is 11.3 Å². The first-order valence-corrected chi connectivity index (χ1v) is 11.7. The Hall–Kier alpha value is -3.45. The molecule has 7 heteroatoms. The molecule has 0 saturated heterocycles. The molecule has 34 heavy (non-hydrogen) atoms. The maximum atomic E-state index is 13.1. The van der Waals surface area contributed by atoms with Gasteiger partial charge in [0, 0.05) is 19.2 Å². The summed E-state index contributed by atoms with van der Waals surface area (Å²) in [5.41, 5.74) is 4.40. The van der Waals surface area contributed by atoms with Crippen LogP contribution in [0.15, 0.2) is 59.5 Å². The van der Waals surface area contributed by atoms with Crippen LogP contribution in [0.3, 0.4) is 0 Å². The van der Waals surface area contributed by atoms with Gasteiger partial charge in [-0.15, -0.1) is 0 Å². The highest BCUT2D eigenvalue weighted by molar-refractivity contribution is 5.74. The molecule has 0 radical (unpaired) electrons. The summed E-state index contributed by atoms with van der Waals surface area (Å²) in [7, 11) is 5.87. The fraction of sp³-hybridized carbons (Fsp3) is 0.370. The summed E-state index contributed by atoms with van der Waals surface area (Å²) in [5, 5.41) is 0. The maximum Gasteiger partial charge on any atom is 0.330 e. The third-order valence-electron chi connectivity index (χ3n) is 5.97. The Labute approximate surface area is 200 Å². The Bertz CT molecular complexity index is 1340. The SMILES string of the molecule is CC(C)c1ccccc1-c1ncc2c(n1)n(Cc1cccc(OCCCN(C)C)c1)c(=O)n2C. The molecular formula is C27H33N5O2. The summed E-state index contributed by atoms with van der Waals surface area (Å²) < 4.78 is 9.24. The van der Waals surface area contributed by atoms with Gasteiger partial charge < -0.3 is 9.64 Å². The lowest BCUT2D eigenvalue weighted by atomic mass is 9.97. The van der Waals surface area contributed by atoms with Crippen molar-refractivity contribution >= 4 is 11.2 Å². The molecule has 0 bridgehead atoms. The number of nitrogens with zero attached hydrogens (tertiary/aromatic N) is 5. The largest absolute Gasteiger partial charge is 0.494 e. The van der Waals surface area contributed by atoms with Crippen molar-refractivity contribution in [2.24, 2.45) is 7.05 Å². The summed E-state index contributed by atoms with van der Waals surface area (Å²) in [6, 6.07) is 16.1. The molecule has 0 unspecified atom stereocenters. The highest BCUT2D eigenvalue weighted by Crippen LogP contribution is 2.27. The number of ether oxygens (including phenoxy) is 1. The molecular weight excluding hydrogens is 426 g/mol. The minimum Gasteiger partial charge on any atom is -0.494 e. The second-order valence-corrected chi connectivity index (χ2v) is 9.22. The summed E-state index contributed by atoms with van der Waals surface area (Å²) in [5.74, 6) is 1.79. The van der Waals surface area contributed by atoms with Crippen LogP contribution in [0.2, 0.25) is 0 Å². The molecule has 4 aromatic rings. The van der Waals surface area contributed by atoms with Crippen LogP contribution in [0, 0.1) is 0 Å². The maximum absolute atomic E-state index is 13.1. The predicted octanol–water partition coefficient (Wildman–Crippen LogP) is 4.30. The fourth-order valence-corrected chi connectivity index (χ4v) is 4.14. The highest BCUT2D eigenvalue weighted by Gasteiger charge is 2.17. The minimum atomic E-state index is -0.115. The van der Waals surface area contributed by atoms with Crippen LogP contribution in [-0.4, -0.2) is 51.2 Å². The molecule has 0 aliphatic carbocycles. The monoisotopic (exact) mass is 459 g/mol. The number of hydrogen-bond acceptors (Lipinski definition) is 5. The molecule has 0 spiro atoms. The van der Waals surface area contributed by atoms with Crippen molar-refractivity contribution in [1.82, 2.24) is 24.0 Å². The van der Waals surface area contributed by atoms with Gasteiger partial charge in [-0.05, 0) is 49.7 Å². The molecule has 0 amide bonds. The van der Waals surface area contributed by atoms with Gasteiger partial charge in [0.25, 0.3) is 0 Å². The van der Waals surface area contributed by atoms with Crippen molar-refractivity contribution in [2.45, 2.75) is 32.7 Å². The van der Waals surface area contributed by atoms with E-state index in [4.69, 9.17) is 9.72 Å².